The zero-order chi connectivity index (χ0) is 32.0. The summed E-state index contributed by atoms with van der Waals surface area (Å²) in [7, 11) is 0. The van der Waals surface area contributed by atoms with E-state index < -0.39 is 0 Å². The number of carbonyl (C=O) groups excluding carboxylic acids is 1. The number of benzene rings is 2. The highest BCUT2D eigenvalue weighted by Gasteiger charge is 1.99. The predicted molar refractivity (Wildman–Crippen MR) is 169 cm³/mol. The molecule has 0 fully saturated rings. The molecule has 13 heteroatoms. The van der Waals surface area contributed by atoms with E-state index in [1.807, 2.05) is 12.1 Å². The summed E-state index contributed by atoms with van der Waals surface area (Å²) in [6.07, 6.45) is 0. The Hall–Kier alpha value is -3.01. The summed E-state index contributed by atoms with van der Waals surface area (Å²) in [4.78, 5) is 11.0. The molecule has 2 rings (SSSR count). The van der Waals surface area contributed by atoms with E-state index in [1.165, 1.54) is 6.92 Å². The smallest absolute Gasteiger partial charge is 0.221 e. The summed E-state index contributed by atoms with van der Waals surface area (Å²) in [6.45, 7) is 10.3. The van der Waals surface area contributed by atoms with Crippen LogP contribution in [0, 0.1) is 0 Å². The van der Waals surface area contributed by atoms with E-state index in [0.29, 0.717) is 130 Å². The highest BCUT2D eigenvalue weighted by atomic mass is 16.6. The summed E-state index contributed by atoms with van der Waals surface area (Å²) in [5.74, 6) is 1.38. The summed E-state index contributed by atoms with van der Waals surface area (Å²) >= 11 is 0. The van der Waals surface area contributed by atoms with E-state index in [2.05, 4.69) is 5.32 Å². The summed E-state index contributed by atoms with van der Waals surface area (Å²) in [5, 5.41) is 2.71. The van der Waals surface area contributed by atoms with Crippen molar-refractivity contribution in [2.75, 3.05) is 130 Å². The van der Waals surface area contributed by atoms with Crippen LogP contribution in [0.15, 0.2) is 48.5 Å². The first-order chi connectivity index (χ1) is 22.1. The van der Waals surface area contributed by atoms with Gasteiger partial charge in [-0.3, -0.25) is 4.79 Å². The van der Waals surface area contributed by atoms with Gasteiger partial charge in [-0.2, -0.15) is 0 Å². The van der Waals surface area contributed by atoms with Gasteiger partial charge in [0.1, 0.15) is 24.7 Å². The maximum atomic E-state index is 11.0. The molecule has 3 N–H and O–H groups in total. The predicted octanol–water partition coefficient (Wildman–Crippen LogP) is 2.82. The minimum absolute atomic E-state index is 0.108. The highest BCUT2D eigenvalue weighted by Crippen LogP contribution is 2.15. The average molecular weight is 639 g/mol. The van der Waals surface area contributed by atoms with Gasteiger partial charge in [-0.15, -0.1) is 0 Å². The maximum Gasteiger partial charge on any atom is 0.221 e. The second kappa shape index (κ2) is 27.3. The largest absolute Gasteiger partial charge is 0.491 e. The third-order valence-electron chi connectivity index (χ3n) is 5.65. The van der Waals surface area contributed by atoms with Gasteiger partial charge < -0.3 is 58.4 Å². The van der Waals surface area contributed by atoms with Gasteiger partial charge in [0.2, 0.25) is 5.91 Å². The SMILES string of the molecule is CC(=O)Nc1ccc(OCCOCCOCCOCCOCCOCCOCCOCCOCCOc2ccc(N)cc2)cc1. The van der Waals surface area contributed by atoms with Crippen LogP contribution in [0.2, 0.25) is 0 Å². The molecule has 0 aromatic heterocycles. The lowest BCUT2D eigenvalue weighted by molar-refractivity contribution is -0.114. The van der Waals surface area contributed by atoms with Crippen LogP contribution in [0.4, 0.5) is 11.4 Å². The van der Waals surface area contributed by atoms with Crippen molar-refractivity contribution in [1.29, 1.82) is 0 Å². The lowest BCUT2D eigenvalue weighted by atomic mass is 10.3. The molecule has 0 radical (unpaired) electrons. The van der Waals surface area contributed by atoms with Crippen molar-refractivity contribution < 1.29 is 52.2 Å². The van der Waals surface area contributed by atoms with Gasteiger partial charge in [-0.05, 0) is 48.5 Å². The van der Waals surface area contributed by atoms with Crippen molar-refractivity contribution in [1.82, 2.24) is 0 Å². The van der Waals surface area contributed by atoms with E-state index in [-0.39, 0.29) is 5.91 Å². The molecule has 0 saturated heterocycles. The molecule has 0 unspecified atom stereocenters. The molecule has 0 aliphatic heterocycles. The number of rotatable bonds is 30. The third kappa shape index (κ3) is 23.1. The van der Waals surface area contributed by atoms with Crippen LogP contribution in [-0.4, -0.2) is 125 Å². The molecule has 254 valence electrons. The van der Waals surface area contributed by atoms with Crippen LogP contribution in [0.5, 0.6) is 11.5 Å². The first-order valence-corrected chi connectivity index (χ1v) is 15.2. The Bertz CT molecular complexity index is 965. The number of anilines is 2. The number of amides is 1. The molecule has 0 bridgehead atoms. The second-order valence-corrected chi connectivity index (χ2v) is 9.37. The minimum Gasteiger partial charge on any atom is -0.491 e. The van der Waals surface area contributed by atoms with Crippen molar-refractivity contribution in [3.63, 3.8) is 0 Å². The molecule has 0 heterocycles. The van der Waals surface area contributed by atoms with Crippen LogP contribution < -0.4 is 20.5 Å². The quantitative estimate of drug-likeness (QED) is 0.0958. The molecule has 1 amide bonds. The molecular weight excluding hydrogens is 588 g/mol. The Morgan fingerprint density at radius 2 is 0.733 bits per heavy atom. The number of hydrogen-bond acceptors (Lipinski definition) is 12. The van der Waals surface area contributed by atoms with E-state index in [0.717, 1.165) is 11.4 Å². The molecular formula is C32H50N2O11. The van der Waals surface area contributed by atoms with Crippen molar-refractivity contribution in [3.05, 3.63) is 48.5 Å². The van der Waals surface area contributed by atoms with E-state index in [1.54, 1.807) is 36.4 Å². The topological polar surface area (TPSA) is 147 Å². The van der Waals surface area contributed by atoms with Crippen LogP contribution in [0.1, 0.15) is 6.92 Å². The molecule has 0 saturated carbocycles. The molecule has 2 aromatic carbocycles. The monoisotopic (exact) mass is 638 g/mol. The van der Waals surface area contributed by atoms with E-state index in [9.17, 15) is 4.79 Å². The van der Waals surface area contributed by atoms with Crippen molar-refractivity contribution in [2.45, 2.75) is 6.92 Å². The van der Waals surface area contributed by atoms with Crippen LogP contribution >= 0.6 is 0 Å². The molecule has 13 nitrogen and oxygen atoms in total. The lowest BCUT2D eigenvalue weighted by Crippen LogP contribution is -2.15. The zero-order valence-corrected chi connectivity index (χ0v) is 26.4. The molecule has 0 atom stereocenters. The van der Waals surface area contributed by atoms with Crippen LogP contribution in [0.3, 0.4) is 0 Å². The van der Waals surface area contributed by atoms with Gasteiger partial charge >= 0.3 is 0 Å². The normalized spacial score (nSPS) is 11.0. The van der Waals surface area contributed by atoms with E-state index >= 15 is 0 Å². The molecule has 0 aliphatic rings. The fourth-order valence-electron chi connectivity index (χ4n) is 3.48. The molecule has 0 spiro atoms. The van der Waals surface area contributed by atoms with Gasteiger partial charge in [0.25, 0.3) is 0 Å². The maximum absolute atomic E-state index is 11.0. The number of ether oxygens (including phenoxy) is 10. The number of nitrogen functional groups attached to an aromatic ring is 1. The Balaban J connectivity index is 1.19. The summed E-state index contributed by atoms with van der Waals surface area (Å²) in [6, 6.07) is 14.4. The Morgan fingerprint density at radius 1 is 0.467 bits per heavy atom. The Kier molecular flexibility index (Phi) is 23.2. The van der Waals surface area contributed by atoms with Crippen molar-refractivity contribution >= 4 is 17.3 Å². The molecule has 2 aromatic rings. The van der Waals surface area contributed by atoms with Gasteiger partial charge in [0, 0.05) is 18.3 Å². The number of carbonyl (C=O) groups is 1. The molecule has 0 aliphatic carbocycles. The van der Waals surface area contributed by atoms with Crippen LogP contribution in [-0.2, 0) is 42.7 Å². The zero-order valence-electron chi connectivity index (χ0n) is 26.4. The van der Waals surface area contributed by atoms with Gasteiger partial charge in [0.15, 0.2) is 0 Å². The Labute approximate surface area is 266 Å². The van der Waals surface area contributed by atoms with Gasteiger partial charge in [-0.25, -0.2) is 0 Å². The highest BCUT2D eigenvalue weighted by molar-refractivity contribution is 5.88. The number of hydrogen-bond donors (Lipinski definition) is 2. The summed E-state index contributed by atoms with van der Waals surface area (Å²) < 4.78 is 55.0. The number of nitrogens with two attached hydrogens (primary N) is 1. The first kappa shape index (κ1) is 38.2. The third-order valence-corrected chi connectivity index (χ3v) is 5.65. The Morgan fingerprint density at radius 3 is 1.02 bits per heavy atom. The van der Waals surface area contributed by atoms with Crippen molar-refractivity contribution in [3.8, 4) is 11.5 Å². The van der Waals surface area contributed by atoms with E-state index in [4.69, 9.17) is 53.1 Å². The average Bonchev–Trinajstić information content (AvgIpc) is 3.03. The fourth-order valence-corrected chi connectivity index (χ4v) is 3.48. The minimum atomic E-state index is -0.108. The standard InChI is InChI=1S/C32H50N2O11/c1-28(35)34-30-4-8-32(9-5-30)45-27-25-43-23-21-41-19-17-39-15-13-37-11-10-36-12-14-38-16-18-40-20-22-42-24-26-44-31-6-2-29(33)3-7-31/h2-9H,10-27,33H2,1H3,(H,34,35). The lowest BCUT2D eigenvalue weighted by Gasteiger charge is -2.09. The fraction of sp³-hybridized carbons (Fsp3) is 0.594. The summed E-state index contributed by atoms with van der Waals surface area (Å²) in [5.41, 5.74) is 7.08. The van der Waals surface area contributed by atoms with Crippen molar-refractivity contribution in [2.24, 2.45) is 0 Å². The van der Waals surface area contributed by atoms with Gasteiger partial charge in [0.05, 0.1) is 106 Å². The second-order valence-electron chi connectivity index (χ2n) is 9.37. The van der Waals surface area contributed by atoms with Gasteiger partial charge in [-0.1, -0.05) is 0 Å². The first-order valence-electron chi connectivity index (χ1n) is 15.2. The molecule has 45 heavy (non-hydrogen) atoms. The number of nitrogens with one attached hydrogen (secondary N) is 1. The van der Waals surface area contributed by atoms with Crippen LogP contribution in [0.25, 0.3) is 0 Å².